The molecule has 0 nitrogen and oxygen atoms in total. The van der Waals surface area contributed by atoms with Crippen molar-refractivity contribution < 1.29 is 0 Å². The molecule has 0 saturated heterocycles. The van der Waals surface area contributed by atoms with Crippen molar-refractivity contribution in [3.05, 3.63) is 11.6 Å². The van der Waals surface area contributed by atoms with Crippen LogP contribution < -0.4 is 0 Å². The number of hydrogen-bond donors (Lipinski definition) is 0. The Morgan fingerprint density at radius 3 is 2.33 bits per heavy atom. The van der Waals surface area contributed by atoms with Crippen molar-refractivity contribution in [2.75, 3.05) is 5.88 Å². The Balaban J connectivity index is 3.63. The van der Waals surface area contributed by atoms with Crippen LogP contribution in [0.3, 0.4) is 0 Å². The highest BCUT2D eigenvalue weighted by molar-refractivity contribution is 6.17. The second-order valence-corrected chi connectivity index (χ2v) is 4.97. The molecule has 0 rings (SSSR count). The summed E-state index contributed by atoms with van der Waals surface area (Å²) in [5.74, 6) is 0.743. The van der Waals surface area contributed by atoms with Crippen LogP contribution in [0.25, 0.3) is 0 Å². The van der Waals surface area contributed by atoms with Crippen LogP contribution in [0.1, 0.15) is 47.0 Å². The van der Waals surface area contributed by atoms with Gasteiger partial charge in [-0.25, -0.2) is 0 Å². The second-order valence-electron chi connectivity index (χ2n) is 4.59. The minimum absolute atomic E-state index is 0.454. The van der Waals surface area contributed by atoms with Crippen LogP contribution in [0.15, 0.2) is 11.6 Å². The van der Waals surface area contributed by atoms with Gasteiger partial charge in [0.25, 0.3) is 0 Å². The third-order valence-corrected chi connectivity index (χ3v) is 2.09. The first kappa shape index (κ1) is 12.0. The van der Waals surface area contributed by atoms with E-state index in [2.05, 4.69) is 33.8 Å². The summed E-state index contributed by atoms with van der Waals surface area (Å²) < 4.78 is 0. The van der Waals surface area contributed by atoms with Crippen molar-refractivity contribution in [1.29, 1.82) is 0 Å². The highest BCUT2D eigenvalue weighted by Gasteiger charge is 2.09. The molecular weight excluding hydrogens is 168 g/mol. The van der Waals surface area contributed by atoms with Gasteiger partial charge in [0, 0.05) is 5.88 Å². The predicted molar refractivity (Wildman–Crippen MR) is 57.8 cm³/mol. The fourth-order valence-corrected chi connectivity index (χ4v) is 1.08. The predicted octanol–water partition coefficient (Wildman–Crippen LogP) is 4.39. The molecule has 0 spiro atoms. The molecule has 0 aliphatic heterocycles. The molecule has 0 aliphatic carbocycles. The maximum Gasteiger partial charge on any atom is 0.0258 e. The molecule has 0 atom stereocenters. The summed E-state index contributed by atoms with van der Waals surface area (Å²) in [5, 5.41) is 0. The summed E-state index contributed by atoms with van der Waals surface area (Å²) in [6, 6.07) is 0. The molecule has 0 saturated carbocycles. The van der Waals surface area contributed by atoms with Crippen molar-refractivity contribution >= 4 is 11.6 Å². The fourth-order valence-electron chi connectivity index (χ4n) is 0.975. The van der Waals surface area contributed by atoms with Gasteiger partial charge in [0.05, 0.1) is 0 Å². The monoisotopic (exact) mass is 188 g/mol. The van der Waals surface area contributed by atoms with Gasteiger partial charge in [0.1, 0.15) is 0 Å². The van der Waals surface area contributed by atoms with Crippen LogP contribution in [0.2, 0.25) is 0 Å². The SMILES string of the molecule is CC(=CCCCl)CCC(C)(C)C. The van der Waals surface area contributed by atoms with Crippen molar-refractivity contribution in [2.24, 2.45) is 5.41 Å². The first-order chi connectivity index (χ1) is 5.45. The van der Waals surface area contributed by atoms with Gasteiger partial charge in [0.15, 0.2) is 0 Å². The van der Waals surface area contributed by atoms with E-state index >= 15 is 0 Å². The number of allylic oxidation sites excluding steroid dienone is 2. The van der Waals surface area contributed by atoms with Gasteiger partial charge in [-0.15, -0.1) is 11.6 Å². The van der Waals surface area contributed by atoms with Crippen LogP contribution in [-0.4, -0.2) is 5.88 Å². The maximum atomic E-state index is 5.59. The van der Waals surface area contributed by atoms with Gasteiger partial charge < -0.3 is 0 Å². The zero-order valence-corrected chi connectivity index (χ0v) is 9.54. The lowest BCUT2D eigenvalue weighted by Gasteiger charge is -2.17. The summed E-state index contributed by atoms with van der Waals surface area (Å²) in [4.78, 5) is 0. The van der Waals surface area contributed by atoms with E-state index in [1.54, 1.807) is 0 Å². The molecule has 0 radical (unpaired) electrons. The van der Waals surface area contributed by atoms with Crippen LogP contribution in [0.5, 0.6) is 0 Å². The molecule has 72 valence electrons. The molecule has 0 bridgehead atoms. The molecule has 0 aromatic heterocycles. The first-order valence-corrected chi connectivity index (χ1v) is 5.21. The topological polar surface area (TPSA) is 0 Å². The van der Waals surface area contributed by atoms with Gasteiger partial charge >= 0.3 is 0 Å². The Kier molecular flexibility index (Phi) is 5.65. The molecule has 12 heavy (non-hydrogen) atoms. The molecule has 0 unspecified atom stereocenters. The lowest BCUT2D eigenvalue weighted by molar-refractivity contribution is 0.377. The Hall–Kier alpha value is 0.0300. The molecule has 0 heterocycles. The zero-order valence-electron chi connectivity index (χ0n) is 8.78. The average molecular weight is 189 g/mol. The first-order valence-electron chi connectivity index (χ1n) is 4.67. The Labute approximate surface area is 82.0 Å². The molecule has 0 aromatic carbocycles. The van der Waals surface area contributed by atoms with E-state index in [0.29, 0.717) is 5.41 Å². The summed E-state index contributed by atoms with van der Waals surface area (Å²) >= 11 is 5.59. The second kappa shape index (κ2) is 5.64. The summed E-state index contributed by atoms with van der Waals surface area (Å²) in [6.07, 6.45) is 5.73. The smallest absolute Gasteiger partial charge is 0.0258 e. The fraction of sp³-hybridized carbons (Fsp3) is 0.818. The average Bonchev–Trinajstić information content (AvgIpc) is 1.95. The normalized spacial score (nSPS) is 13.6. The van der Waals surface area contributed by atoms with Crippen LogP contribution in [0.4, 0.5) is 0 Å². The minimum Gasteiger partial charge on any atom is -0.126 e. The van der Waals surface area contributed by atoms with Gasteiger partial charge in [-0.3, -0.25) is 0 Å². The van der Waals surface area contributed by atoms with Crippen LogP contribution >= 0.6 is 11.6 Å². The third-order valence-electron chi connectivity index (χ3n) is 1.87. The molecule has 0 amide bonds. The van der Waals surface area contributed by atoms with E-state index in [9.17, 15) is 0 Å². The number of halogens is 1. The van der Waals surface area contributed by atoms with E-state index in [-0.39, 0.29) is 0 Å². The number of alkyl halides is 1. The number of rotatable bonds is 4. The number of hydrogen-bond acceptors (Lipinski definition) is 0. The van der Waals surface area contributed by atoms with E-state index in [1.807, 2.05) is 0 Å². The van der Waals surface area contributed by atoms with E-state index < -0.39 is 0 Å². The largest absolute Gasteiger partial charge is 0.126 e. The van der Waals surface area contributed by atoms with E-state index in [0.717, 1.165) is 12.3 Å². The lowest BCUT2D eigenvalue weighted by Crippen LogP contribution is -2.04. The molecule has 1 heteroatoms. The molecule has 0 aliphatic rings. The third kappa shape index (κ3) is 8.13. The quantitative estimate of drug-likeness (QED) is 0.454. The molecule has 0 fully saturated rings. The van der Waals surface area contributed by atoms with Crippen LogP contribution in [-0.2, 0) is 0 Å². The highest BCUT2D eigenvalue weighted by Crippen LogP contribution is 2.23. The summed E-state index contributed by atoms with van der Waals surface area (Å²) in [5.41, 5.74) is 1.93. The van der Waals surface area contributed by atoms with Crippen molar-refractivity contribution in [1.82, 2.24) is 0 Å². The Morgan fingerprint density at radius 1 is 1.33 bits per heavy atom. The Morgan fingerprint density at radius 2 is 1.92 bits per heavy atom. The van der Waals surface area contributed by atoms with E-state index in [1.165, 1.54) is 18.4 Å². The standard InChI is InChI=1S/C11H21Cl/c1-10(6-5-9-12)7-8-11(2,3)4/h6H,5,7-9H2,1-4H3. The van der Waals surface area contributed by atoms with Crippen molar-refractivity contribution in [2.45, 2.75) is 47.0 Å². The summed E-state index contributed by atoms with van der Waals surface area (Å²) in [7, 11) is 0. The zero-order chi connectivity index (χ0) is 9.61. The molecular formula is C11H21Cl. The summed E-state index contributed by atoms with van der Waals surface area (Å²) in [6.45, 7) is 9.03. The van der Waals surface area contributed by atoms with Gasteiger partial charge in [-0.1, -0.05) is 32.4 Å². The Bertz CT molecular complexity index is 140. The van der Waals surface area contributed by atoms with Crippen molar-refractivity contribution in [3.8, 4) is 0 Å². The maximum absolute atomic E-state index is 5.59. The molecule has 0 aromatic rings. The van der Waals surface area contributed by atoms with Gasteiger partial charge in [-0.05, 0) is 31.6 Å². The van der Waals surface area contributed by atoms with Crippen molar-refractivity contribution in [3.63, 3.8) is 0 Å². The highest BCUT2D eigenvalue weighted by atomic mass is 35.5. The molecule has 0 N–H and O–H groups in total. The van der Waals surface area contributed by atoms with Crippen LogP contribution in [0, 0.1) is 5.41 Å². The van der Waals surface area contributed by atoms with Gasteiger partial charge in [0.2, 0.25) is 0 Å². The minimum atomic E-state index is 0.454. The lowest BCUT2D eigenvalue weighted by atomic mass is 9.89. The van der Waals surface area contributed by atoms with E-state index in [4.69, 9.17) is 11.6 Å². The van der Waals surface area contributed by atoms with Gasteiger partial charge in [-0.2, -0.15) is 0 Å².